The van der Waals surface area contributed by atoms with E-state index in [0.29, 0.717) is 6.04 Å². The van der Waals surface area contributed by atoms with Gasteiger partial charge in [-0.05, 0) is 13.8 Å². The molecule has 3 N–H and O–H groups in total. The van der Waals surface area contributed by atoms with Crippen LogP contribution >= 0.6 is 0 Å². The first-order valence-electron chi connectivity index (χ1n) is 3.79. The van der Waals surface area contributed by atoms with E-state index < -0.39 is 0 Å². The van der Waals surface area contributed by atoms with Gasteiger partial charge >= 0.3 is 0 Å². The fourth-order valence-electron chi connectivity index (χ4n) is 1.26. The molecule has 10 heavy (non-hydrogen) atoms. The van der Waals surface area contributed by atoms with Gasteiger partial charge < -0.3 is 10.8 Å². The van der Waals surface area contributed by atoms with Crippen LogP contribution in [0.2, 0.25) is 0 Å². The highest BCUT2D eigenvalue weighted by Crippen LogP contribution is 2.10. The van der Waals surface area contributed by atoms with Crippen molar-refractivity contribution in [3.63, 3.8) is 0 Å². The van der Waals surface area contributed by atoms with Crippen LogP contribution in [-0.2, 0) is 0 Å². The van der Waals surface area contributed by atoms with Crippen molar-refractivity contribution in [2.45, 2.75) is 32.0 Å². The van der Waals surface area contributed by atoms with E-state index in [9.17, 15) is 5.11 Å². The number of nitrogens with two attached hydrogens (primary N) is 1. The average molecular weight is 144 g/mol. The monoisotopic (exact) mass is 144 g/mol. The van der Waals surface area contributed by atoms with Crippen LogP contribution in [0, 0.1) is 0 Å². The second kappa shape index (κ2) is 2.86. The highest BCUT2D eigenvalue weighted by molar-refractivity contribution is 4.87. The molecule has 1 aliphatic rings. The lowest BCUT2D eigenvalue weighted by molar-refractivity contribution is 0.158. The van der Waals surface area contributed by atoms with E-state index in [1.165, 1.54) is 0 Å². The summed E-state index contributed by atoms with van der Waals surface area (Å²) in [6, 6.07) is 0.464. The maximum absolute atomic E-state index is 9.25. The molecule has 0 aliphatic carbocycles. The third kappa shape index (κ3) is 1.48. The van der Waals surface area contributed by atoms with E-state index in [2.05, 4.69) is 18.7 Å². The summed E-state index contributed by atoms with van der Waals surface area (Å²) in [6.45, 7) is 5.80. The third-order valence-electron chi connectivity index (χ3n) is 2.09. The highest BCUT2D eigenvalue weighted by atomic mass is 16.3. The van der Waals surface area contributed by atoms with Crippen LogP contribution < -0.4 is 5.73 Å². The quantitative estimate of drug-likeness (QED) is 0.516. The zero-order chi connectivity index (χ0) is 7.72. The molecule has 1 saturated heterocycles. The molecule has 0 saturated carbocycles. The summed E-state index contributed by atoms with van der Waals surface area (Å²) in [4.78, 5) is 2.19. The fourth-order valence-corrected chi connectivity index (χ4v) is 1.26. The van der Waals surface area contributed by atoms with E-state index in [1.807, 2.05) is 0 Å². The fraction of sp³-hybridized carbons (Fsp3) is 1.00. The first-order chi connectivity index (χ1) is 4.61. The number of aliphatic hydroxyl groups excluding tert-OH is 1. The maximum atomic E-state index is 9.25. The second-order valence-corrected chi connectivity index (χ2v) is 3.28. The predicted octanol–water partition coefficient (Wildman–Crippen LogP) is -0.601. The maximum Gasteiger partial charge on any atom is 0.0830 e. The SMILES string of the molecule is CC(C)N1C[C@@H](N)[C@H](O)C1. The Morgan fingerprint density at radius 1 is 1.50 bits per heavy atom. The molecule has 3 heteroatoms. The molecule has 0 aromatic rings. The summed E-state index contributed by atoms with van der Waals surface area (Å²) in [7, 11) is 0. The van der Waals surface area contributed by atoms with E-state index >= 15 is 0 Å². The second-order valence-electron chi connectivity index (χ2n) is 3.28. The van der Waals surface area contributed by atoms with Crippen LogP contribution in [0.5, 0.6) is 0 Å². The van der Waals surface area contributed by atoms with Crippen molar-refractivity contribution >= 4 is 0 Å². The van der Waals surface area contributed by atoms with E-state index in [0.717, 1.165) is 13.1 Å². The smallest absolute Gasteiger partial charge is 0.0830 e. The molecule has 3 nitrogen and oxygen atoms in total. The summed E-state index contributed by atoms with van der Waals surface area (Å²) in [6.07, 6.45) is -0.317. The van der Waals surface area contributed by atoms with Crippen molar-refractivity contribution in [2.75, 3.05) is 13.1 Å². The molecule has 0 aromatic heterocycles. The molecule has 1 fully saturated rings. The highest BCUT2D eigenvalue weighted by Gasteiger charge is 2.29. The van der Waals surface area contributed by atoms with Crippen molar-refractivity contribution in [3.8, 4) is 0 Å². The van der Waals surface area contributed by atoms with Gasteiger partial charge in [-0.15, -0.1) is 0 Å². The Labute approximate surface area is 61.8 Å². The Morgan fingerprint density at radius 2 is 2.10 bits per heavy atom. The van der Waals surface area contributed by atoms with Crippen LogP contribution in [0.25, 0.3) is 0 Å². The molecule has 2 atom stereocenters. The Balaban J connectivity index is 2.41. The average Bonchev–Trinajstić information content (AvgIpc) is 2.13. The molecule has 60 valence electrons. The first kappa shape index (κ1) is 7.98. The zero-order valence-corrected chi connectivity index (χ0v) is 6.62. The van der Waals surface area contributed by atoms with Crippen molar-refractivity contribution in [3.05, 3.63) is 0 Å². The number of hydrogen-bond acceptors (Lipinski definition) is 3. The van der Waals surface area contributed by atoms with Gasteiger partial charge in [-0.2, -0.15) is 0 Å². The molecule has 1 heterocycles. The lowest BCUT2D eigenvalue weighted by Gasteiger charge is -2.18. The van der Waals surface area contributed by atoms with Crippen LogP contribution in [0.3, 0.4) is 0 Å². The standard InChI is InChI=1S/C7H16N2O/c1-5(2)9-3-6(8)7(10)4-9/h5-7,10H,3-4,8H2,1-2H3/t6-,7-/m1/s1. The summed E-state index contributed by atoms with van der Waals surface area (Å²) in [5, 5.41) is 9.25. The normalized spacial score (nSPS) is 35.7. The Bertz CT molecular complexity index is 106. The summed E-state index contributed by atoms with van der Waals surface area (Å²) in [5.41, 5.74) is 5.61. The number of likely N-dealkylation sites (tertiary alicyclic amines) is 1. The largest absolute Gasteiger partial charge is 0.390 e. The minimum atomic E-state index is -0.317. The minimum Gasteiger partial charge on any atom is -0.390 e. The minimum absolute atomic E-state index is 0.0394. The van der Waals surface area contributed by atoms with E-state index in [1.54, 1.807) is 0 Å². The molecule has 1 rings (SSSR count). The summed E-state index contributed by atoms with van der Waals surface area (Å²) < 4.78 is 0. The molecule has 0 unspecified atom stereocenters. The van der Waals surface area contributed by atoms with E-state index in [4.69, 9.17) is 5.73 Å². The molecule has 0 spiro atoms. The van der Waals surface area contributed by atoms with Crippen molar-refractivity contribution in [1.29, 1.82) is 0 Å². The molecule has 0 radical (unpaired) electrons. The summed E-state index contributed by atoms with van der Waals surface area (Å²) in [5.74, 6) is 0. The molecule has 0 amide bonds. The molecule has 1 aliphatic heterocycles. The number of hydrogen-bond donors (Lipinski definition) is 2. The van der Waals surface area contributed by atoms with Crippen LogP contribution in [0.15, 0.2) is 0 Å². The Hall–Kier alpha value is -0.120. The predicted molar refractivity (Wildman–Crippen MR) is 40.7 cm³/mol. The molecule has 0 aromatic carbocycles. The molecular formula is C7H16N2O. The molecule has 0 bridgehead atoms. The van der Waals surface area contributed by atoms with Crippen LogP contribution in [-0.4, -0.2) is 41.3 Å². The topological polar surface area (TPSA) is 49.5 Å². The van der Waals surface area contributed by atoms with Gasteiger partial charge in [0.05, 0.1) is 6.10 Å². The van der Waals surface area contributed by atoms with Crippen molar-refractivity contribution < 1.29 is 5.11 Å². The van der Waals surface area contributed by atoms with Gasteiger partial charge in [0.1, 0.15) is 0 Å². The Kier molecular flexibility index (Phi) is 2.28. The lowest BCUT2D eigenvalue weighted by atomic mass is 10.2. The van der Waals surface area contributed by atoms with Gasteiger partial charge in [-0.25, -0.2) is 0 Å². The van der Waals surface area contributed by atoms with E-state index in [-0.39, 0.29) is 12.1 Å². The number of rotatable bonds is 1. The van der Waals surface area contributed by atoms with Crippen LogP contribution in [0.1, 0.15) is 13.8 Å². The summed E-state index contributed by atoms with van der Waals surface area (Å²) >= 11 is 0. The van der Waals surface area contributed by atoms with Gasteiger partial charge in [0.2, 0.25) is 0 Å². The third-order valence-corrected chi connectivity index (χ3v) is 2.09. The van der Waals surface area contributed by atoms with Crippen molar-refractivity contribution in [2.24, 2.45) is 5.73 Å². The Morgan fingerprint density at radius 3 is 2.30 bits per heavy atom. The van der Waals surface area contributed by atoms with Crippen LogP contribution in [0.4, 0.5) is 0 Å². The van der Waals surface area contributed by atoms with Gasteiger partial charge in [0, 0.05) is 25.2 Å². The van der Waals surface area contributed by atoms with Gasteiger partial charge in [-0.3, -0.25) is 4.90 Å². The molecular weight excluding hydrogens is 128 g/mol. The zero-order valence-electron chi connectivity index (χ0n) is 6.62. The first-order valence-corrected chi connectivity index (χ1v) is 3.79. The number of β-amino-alcohol motifs (C(OH)–C–C–N with tert-alkyl or cyclic N) is 1. The van der Waals surface area contributed by atoms with Crippen molar-refractivity contribution in [1.82, 2.24) is 4.90 Å². The number of nitrogens with zero attached hydrogens (tertiary/aromatic N) is 1. The van der Waals surface area contributed by atoms with Gasteiger partial charge in [0.25, 0.3) is 0 Å². The number of aliphatic hydroxyl groups is 1. The lowest BCUT2D eigenvalue weighted by Crippen LogP contribution is -2.33. The van der Waals surface area contributed by atoms with Gasteiger partial charge in [0.15, 0.2) is 0 Å². The van der Waals surface area contributed by atoms with Gasteiger partial charge in [-0.1, -0.05) is 0 Å².